The van der Waals surface area contributed by atoms with Crippen LogP contribution in [0.1, 0.15) is 16.1 Å². The number of aromatic carboxylic acids is 1. The van der Waals surface area contributed by atoms with Gasteiger partial charge in [-0.15, -0.1) is 0 Å². The van der Waals surface area contributed by atoms with E-state index < -0.39 is 5.97 Å². The maximum Gasteiger partial charge on any atom is 0.337 e. The van der Waals surface area contributed by atoms with E-state index >= 15 is 0 Å². The van der Waals surface area contributed by atoms with Crippen molar-refractivity contribution in [2.45, 2.75) is 6.42 Å². The number of carbonyl (C=O) groups is 1. The van der Waals surface area contributed by atoms with Crippen molar-refractivity contribution in [3.63, 3.8) is 0 Å². The molecule has 27 heavy (non-hydrogen) atoms. The van der Waals surface area contributed by atoms with Crippen LogP contribution in [0.25, 0.3) is 22.5 Å². The summed E-state index contributed by atoms with van der Waals surface area (Å²) in [6.07, 6.45) is 2.17. The summed E-state index contributed by atoms with van der Waals surface area (Å²) >= 11 is 0. The second-order valence-corrected chi connectivity index (χ2v) is 6.21. The Balaban J connectivity index is 1.71. The third-order valence-electron chi connectivity index (χ3n) is 4.43. The van der Waals surface area contributed by atoms with Crippen LogP contribution >= 0.6 is 0 Å². The number of aromatic amines is 1. The normalized spacial score (nSPS) is 12.8. The smallest absolute Gasteiger partial charge is 0.337 e. The predicted molar refractivity (Wildman–Crippen MR) is 100 cm³/mol. The van der Waals surface area contributed by atoms with Gasteiger partial charge in [0.05, 0.1) is 11.3 Å². The molecule has 4 rings (SSSR count). The first-order valence-corrected chi connectivity index (χ1v) is 8.67. The van der Waals surface area contributed by atoms with Crippen LogP contribution in [0, 0.1) is 0 Å². The topological polar surface area (TPSA) is 110 Å². The Morgan fingerprint density at radius 2 is 1.93 bits per heavy atom. The zero-order chi connectivity index (χ0) is 18.8. The number of hydrogen-bond acceptors (Lipinski definition) is 5. The Kier molecular flexibility index (Phi) is 4.52. The Labute approximate surface area is 155 Å². The number of hydrogen-bond donors (Lipinski definition) is 3. The lowest BCUT2D eigenvalue weighted by Gasteiger charge is -2.18. The minimum absolute atomic E-state index is 0.244. The zero-order valence-corrected chi connectivity index (χ0v) is 14.6. The molecule has 0 aliphatic carbocycles. The third kappa shape index (κ3) is 3.37. The number of benzene rings is 1. The first-order valence-electron chi connectivity index (χ1n) is 8.67. The molecule has 0 unspecified atom stereocenters. The van der Waals surface area contributed by atoms with Gasteiger partial charge in [-0.05, 0) is 42.9 Å². The summed E-state index contributed by atoms with van der Waals surface area (Å²) in [6, 6.07) is 11.1. The highest BCUT2D eigenvalue weighted by Crippen LogP contribution is 2.35. The molecule has 0 bridgehead atoms. The molecule has 1 aliphatic rings. The van der Waals surface area contributed by atoms with Gasteiger partial charge in [-0.1, -0.05) is 0 Å². The van der Waals surface area contributed by atoms with Crippen LogP contribution in [0.3, 0.4) is 0 Å². The van der Waals surface area contributed by atoms with Gasteiger partial charge in [0.1, 0.15) is 13.2 Å². The van der Waals surface area contributed by atoms with Crippen LogP contribution in [0.15, 0.2) is 42.6 Å². The van der Waals surface area contributed by atoms with Crippen LogP contribution in [-0.4, -0.2) is 40.8 Å². The predicted octanol–water partition coefficient (Wildman–Crippen LogP) is 2.71. The average molecular weight is 365 g/mol. The van der Waals surface area contributed by atoms with E-state index in [4.69, 9.17) is 15.2 Å². The van der Waals surface area contributed by atoms with Crippen LogP contribution < -0.4 is 15.2 Å². The molecule has 7 heteroatoms. The lowest BCUT2D eigenvalue weighted by atomic mass is 10.1. The van der Waals surface area contributed by atoms with Gasteiger partial charge in [0.15, 0.2) is 11.5 Å². The highest BCUT2D eigenvalue weighted by Gasteiger charge is 2.16. The monoisotopic (exact) mass is 365 g/mol. The van der Waals surface area contributed by atoms with Crippen LogP contribution in [0.5, 0.6) is 11.5 Å². The molecule has 2 aromatic heterocycles. The van der Waals surface area contributed by atoms with Gasteiger partial charge in [-0.3, -0.25) is 4.98 Å². The summed E-state index contributed by atoms with van der Waals surface area (Å²) in [7, 11) is 0. The standard InChI is InChI=1S/C20H19N3O4/c21-5-3-15-14(20(24)25)11-17(23-15)13-4-6-22-16(9-13)12-1-2-18-19(10-12)27-8-7-26-18/h1-2,4,6,9-11,23H,3,5,7-8,21H2,(H,24,25). The summed E-state index contributed by atoms with van der Waals surface area (Å²) in [5.74, 6) is 0.453. The van der Waals surface area contributed by atoms with Gasteiger partial charge in [-0.2, -0.15) is 0 Å². The molecule has 7 nitrogen and oxygen atoms in total. The molecule has 0 saturated carbocycles. The number of ether oxygens (including phenoxy) is 2. The highest BCUT2D eigenvalue weighted by atomic mass is 16.6. The van der Waals surface area contributed by atoms with Gasteiger partial charge in [0, 0.05) is 35.1 Å². The van der Waals surface area contributed by atoms with Gasteiger partial charge in [0.25, 0.3) is 0 Å². The molecular weight excluding hydrogens is 346 g/mol. The minimum atomic E-state index is -0.970. The van der Waals surface area contributed by atoms with Crippen molar-refractivity contribution < 1.29 is 19.4 Å². The number of fused-ring (bicyclic) bond motifs is 1. The maximum atomic E-state index is 11.5. The number of nitrogens with one attached hydrogen (secondary N) is 1. The molecule has 0 saturated heterocycles. The fourth-order valence-corrected chi connectivity index (χ4v) is 3.14. The minimum Gasteiger partial charge on any atom is -0.486 e. The fourth-order valence-electron chi connectivity index (χ4n) is 3.14. The van der Waals surface area contributed by atoms with Crippen molar-refractivity contribution in [2.75, 3.05) is 19.8 Å². The van der Waals surface area contributed by atoms with Gasteiger partial charge >= 0.3 is 5.97 Å². The summed E-state index contributed by atoms with van der Waals surface area (Å²) in [5.41, 5.74) is 9.68. The van der Waals surface area contributed by atoms with Gasteiger partial charge < -0.3 is 25.3 Å². The molecule has 0 atom stereocenters. The lowest BCUT2D eigenvalue weighted by Crippen LogP contribution is -2.15. The van der Waals surface area contributed by atoms with E-state index in [1.165, 1.54) is 0 Å². The van der Waals surface area contributed by atoms with Crippen molar-refractivity contribution in [2.24, 2.45) is 5.73 Å². The Morgan fingerprint density at radius 3 is 2.70 bits per heavy atom. The highest BCUT2D eigenvalue weighted by molar-refractivity contribution is 5.91. The summed E-state index contributed by atoms with van der Waals surface area (Å²) < 4.78 is 11.2. The van der Waals surface area contributed by atoms with Gasteiger partial charge in [0.2, 0.25) is 0 Å². The van der Waals surface area contributed by atoms with E-state index in [0.717, 1.165) is 28.3 Å². The molecule has 3 heterocycles. The van der Waals surface area contributed by atoms with E-state index in [1.54, 1.807) is 12.3 Å². The number of carboxylic acid groups (broad SMARTS) is 1. The molecule has 0 spiro atoms. The molecule has 1 aromatic carbocycles. The first-order chi connectivity index (χ1) is 13.2. The average Bonchev–Trinajstić information content (AvgIpc) is 3.12. The number of nitrogens with two attached hydrogens (primary N) is 1. The number of aromatic nitrogens is 2. The summed E-state index contributed by atoms with van der Waals surface area (Å²) in [5, 5.41) is 9.40. The van der Waals surface area contributed by atoms with E-state index in [9.17, 15) is 9.90 Å². The molecule has 0 fully saturated rings. The number of carboxylic acids is 1. The van der Waals surface area contributed by atoms with E-state index in [0.29, 0.717) is 37.6 Å². The Bertz CT molecular complexity index is 997. The lowest BCUT2D eigenvalue weighted by molar-refractivity contribution is 0.0696. The molecule has 3 aromatic rings. The van der Waals surface area contributed by atoms with Gasteiger partial charge in [-0.25, -0.2) is 4.79 Å². The quantitative estimate of drug-likeness (QED) is 0.641. The Morgan fingerprint density at radius 1 is 1.11 bits per heavy atom. The largest absolute Gasteiger partial charge is 0.486 e. The SMILES string of the molecule is NCCc1[nH]c(-c2ccnc(-c3ccc4c(c3)OCCO4)c2)cc1C(=O)O. The van der Waals surface area contributed by atoms with E-state index in [-0.39, 0.29) is 5.56 Å². The van der Waals surface area contributed by atoms with E-state index in [1.807, 2.05) is 30.3 Å². The number of rotatable bonds is 5. The summed E-state index contributed by atoms with van der Waals surface area (Å²) in [4.78, 5) is 19.1. The van der Waals surface area contributed by atoms with Crippen molar-refractivity contribution >= 4 is 5.97 Å². The second-order valence-electron chi connectivity index (χ2n) is 6.21. The van der Waals surface area contributed by atoms with Crippen molar-refractivity contribution in [3.8, 4) is 34.0 Å². The van der Waals surface area contributed by atoms with Crippen molar-refractivity contribution in [3.05, 3.63) is 53.9 Å². The number of H-pyrrole nitrogens is 1. The van der Waals surface area contributed by atoms with Crippen molar-refractivity contribution in [1.82, 2.24) is 9.97 Å². The van der Waals surface area contributed by atoms with Crippen molar-refractivity contribution in [1.29, 1.82) is 0 Å². The molecule has 0 amide bonds. The molecular formula is C20H19N3O4. The molecule has 0 radical (unpaired) electrons. The number of nitrogens with zero attached hydrogens (tertiary/aromatic N) is 1. The molecule has 138 valence electrons. The van der Waals surface area contributed by atoms with Crippen LogP contribution in [0.2, 0.25) is 0 Å². The first kappa shape index (κ1) is 17.1. The molecule has 1 aliphatic heterocycles. The third-order valence-corrected chi connectivity index (χ3v) is 4.43. The number of pyridine rings is 1. The van der Waals surface area contributed by atoms with Crippen LogP contribution in [0.4, 0.5) is 0 Å². The Hall–Kier alpha value is -3.32. The maximum absolute atomic E-state index is 11.5. The zero-order valence-electron chi connectivity index (χ0n) is 14.6. The second kappa shape index (κ2) is 7.13. The summed E-state index contributed by atoms with van der Waals surface area (Å²) in [6.45, 7) is 1.44. The van der Waals surface area contributed by atoms with Crippen LogP contribution in [-0.2, 0) is 6.42 Å². The fraction of sp³-hybridized carbons (Fsp3) is 0.200. The molecule has 4 N–H and O–H groups in total. The van der Waals surface area contributed by atoms with E-state index in [2.05, 4.69) is 9.97 Å².